The van der Waals surface area contributed by atoms with Crippen molar-refractivity contribution in [1.29, 1.82) is 0 Å². The van der Waals surface area contributed by atoms with Gasteiger partial charge in [0.05, 0.1) is 6.04 Å². The summed E-state index contributed by atoms with van der Waals surface area (Å²) in [4.78, 5) is 25.7. The first kappa shape index (κ1) is 20.6. The average molecular weight is 417 g/mol. The van der Waals surface area contributed by atoms with Gasteiger partial charge in [-0.2, -0.15) is 15.8 Å². The number of hydrogen-bond donors (Lipinski definition) is 3. The Morgan fingerprint density at radius 2 is 1.97 bits per heavy atom. The Bertz CT molecular complexity index is 1120. The molecule has 158 valence electrons. The molecule has 8 nitrogen and oxygen atoms in total. The number of benzene rings is 2. The van der Waals surface area contributed by atoms with Crippen molar-refractivity contribution in [2.45, 2.75) is 26.3 Å². The maximum atomic E-state index is 12.3. The highest BCUT2D eigenvalue weighted by Gasteiger charge is 2.38. The highest BCUT2D eigenvalue weighted by molar-refractivity contribution is 5.99. The van der Waals surface area contributed by atoms with E-state index >= 15 is 0 Å². The molecule has 2 aromatic carbocycles. The molecule has 2 unspecified atom stereocenters. The van der Waals surface area contributed by atoms with E-state index in [1.165, 1.54) is 0 Å². The van der Waals surface area contributed by atoms with Gasteiger partial charge < -0.3 is 10.6 Å². The van der Waals surface area contributed by atoms with E-state index in [1.54, 1.807) is 30.7 Å². The number of anilines is 1. The van der Waals surface area contributed by atoms with Crippen molar-refractivity contribution in [2.75, 3.05) is 11.9 Å². The minimum atomic E-state index is -0.191. The third-order valence-electron chi connectivity index (χ3n) is 5.22. The van der Waals surface area contributed by atoms with Gasteiger partial charge in [0.1, 0.15) is 5.69 Å². The zero-order valence-electron chi connectivity index (χ0n) is 17.6. The zero-order valence-corrected chi connectivity index (χ0v) is 17.6. The van der Waals surface area contributed by atoms with Crippen LogP contribution in [0.4, 0.5) is 23.1 Å². The van der Waals surface area contributed by atoms with Gasteiger partial charge in [0.2, 0.25) is 12.3 Å². The molecular formula is C23H26N7O+. The second-order valence-electron chi connectivity index (χ2n) is 7.50. The normalized spacial score (nSPS) is 17.8. The molecule has 0 fully saturated rings. The molecule has 2 atom stereocenters. The number of aromatic nitrogens is 2. The van der Waals surface area contributed by atoms with E-state index in [0.717, 1.165) is 17.7 Å². The van der Waals surface area contributed by atoms with Crippen LogP contribution in [0.5, 0.6) is 0 Å². The van der Waals surface area contributed by atoms with Crippen molar-refractivity contribution in [3.05, 3.63) is 71.9 Å². The first-order valence-corrected chi connectivity index (χ1v) is 10.3. The van der Waals surface area contributed by atoms with Crippen molar-refractivity contribution in [2.24, 2.45) is 10.8 Å². The summed E-state index contributed by atoms with van der Waals surface area (Å²) in [7, 11) is 0. The van der Waals surface area contributed by atoms with E-state index in [-0.39, 0.29) is 16.5 Å². The lowest BCUT2D eigenvalue weighted by atomic mass is 10.1. The van der Waals surface area contributed by atoms with Crippen LogP contribution in [0.2, 0.25) is 0 Å². The second-order valence-corrected chi connectivity index (χ2v) is 7.50. The van der Waals surface area contributed by atoms with Crippen molar-refractivity contribution in [3.8, 4) is 0 Å². The smallest absolute Gasteiger partial charge is 0.263 e. The molecule has 1 aliphatic rings. The third-order valence-corrected chi connectivity index (χ3v) is 5.22. The molecule has 4 rings (SSSR count). The summed E-state index contributed by atoms with van der Waals surface area (Å²) in [6.07, 6.45) is 4.17. The summed E-state index contributed by atoms with van der Waals surface area (Å²) in [5.41, 5.74) is 3.08. The highest BCUT2D eigenvalue weighted by atomic mass is 16.1. The van der Waals surface area contributed by atoms with Gasteiger partial charge in [-0.1, -0.05) is 37.3 Å². The Kier molecular flexibility index (Phi) is 5.75. The lowest BCUT2D eigenvalue weighted by Gasteiger charge is -2.23. The minimum Gasteiger partial charge on any atom is -0.352 e. The van der Waals surface area contributed by atoms with E-state index in [9.17, 15) is 4.79 Å². The SMILES string of the molecule is CCCNC(=O)c1ccc2c(c1)N=C[N+]2(N)c1ccnc(NC(C)c2ccccc2)n1. The largest absolute Gasteiger partial charge is 0.352 e. The van der Waals surface area contributed by atoms with Crippen molar-refractivity contribution >= 4 is 35.4 Å². The first-order valence-electron chi connectivity index (χ1n) is 10.3. The molecule has 3 aromatic rings. The van der Waals surface area contributed by atoms with Crippen LogP contribution < -0.4 is 21.1 Å². The van der Waals surface area contributed by atoms with Crippen LogP contribution in [0.3, 0.4) is 0 Å². The molecule has 0 saturated carbocycles. The predicted molar refractivity (Wildman–Crippen MR) is 123 cm³/mol. The lowest BCUT2D eigenvalue weighted by Crippen LogP contribution is -2.49. The average Bonchev–Trinajstić information content (AvgIpc) is 3.15. The van der Waals surface area contributed by atoms with Crippen LogP contribution in [-0.4, -0.2) is 28.8 Å². The summed E-state index contributed by atoms with van der Waals surface area (Å²) in [6.45, 7) is 4.70. The standard InChI is InChI=1S/C23H25N7O/c1-3-12-25-22(31)18-9-10-20-19(14-18)27-15-30(20,24)21-11-13-26-23(29-21)28-16(2)17-7-5-4-6-8-17/h4-11,13-16H,3,12,24H2,1-2H3,(H-,25,26,28,29,31)/p+1. The topological polar surface area (TPSA) is 105 Å². The number of fused-ring (bicyclic) bond motifs is 1. The van der Waals surface area contributed by atoms with Crippen molar-refractivity contribution in [3.63, 3.8) is 0 Å². The number of nitrogens with one attached hydrogen (secondary N) is 2. The van der Waals surface area contributed by atoms with Gasteiger partial charge in [0.25, 0.3) is 11.7 Å². The van der Waals surface area contributed by atoms with Crippen LogP contribution in [0.15, 0.2) is 65.8 Å². The van der Waals surface area contributed by atoms with Gasteiger partial charge >= 0.3 is 0 Å². The molecule has 1 amide bonds. The molecule has 1 aromatic heterocycles. The number of hydrogen-bond acceptors (Lipinski definition) is 6. The number of aliphatic imine (C=N–C) groups is 1. The molecule has 1 aliphatic heterocycles. The van der Waals surface area contributed by atoms with Gasteiger partial charge in [0, 0.05) is 30.4 Å². The number of nitrogens with two attached hydrogens (primary N) is 1. The van der Waals surface area contributed by atoms with Crippen LogP contribution >= 0.6 is 0 Å². The van der Waals surface area contributed by atoms with E-state index < -0.39 is 0 Å². The lowest BCUT2D eigenvalue weighted by molar-refractivity contribution is 0.0953. The monoisotopic (exact) mass is 416 g/mol. The first-order chi connectivity index (χ1) is 15.0. The molecule has 0 spiro atoms. The fourth-order valence-electron chi connectivity index (χ4n) is 3.46. The Hall–Kier alpha value is -3.62. The minimum absolute atomic E-state index is 0.0337. The van der Waals surface area contributed by atoms with E-state index in [0.29, 0.717) is 29.6 Å². The van der Waals surface area contributed by atoms with E-state index in [2.05, 4.69) is 44.7 Å². The van der Waals surface area contributed by atoms with Gasteiger partial charge in [-0.15, -0.1) is 4.59 Å². The molecule has 0 saturated heterocycles. The number of carbonyl (C=O) groups is 1. The summed E-state index contributed by atoms with van der Waals surface area (Å²) >= 11 is 0. The molecule has 2 heterocycles. The summed E-state index contributed by atoms with van der Waals surface area (Å²) in [5, 5.41) is 6.20. The van der Waals surface area contributed by atoms with Crippen LogP contribution in [0.1, 0.15) is 42.2 Å². The maximum Gasteiger partial charge on any atom is 0.263 e. The summed E-state index contributed by atoms with van der Waals surface area (Å²) in [6, 6.07) is 17.2. The molecular weight excluding hydrogens is 390 g/mol. The van der Waals surface area contributed by atoms with Crippen molar-refractivity contribution < 1.29 is 4.79 Å². The molecule has 0 aliphatic carbocycles. The Morgan fingerprint density at radius 3 is 2.74 bits per heavy atom. The predicted octanol–water partition coefficient (Wildman–Crippen LogP) is 3.98. The van der Waals surface area contributed by atoms with E-state index in [4.69, 9.17) is 5.84 Å². The maximum absolute atomic E-state index is 12.3. The van der Waals surface area contributed by atoms with Crippen molar-refractivity contribution in [1.82, 2.24) is 19.9 Å². The second kappa shape index (κ2) is 8.63. The van der Waals surface area contributed by atoms with Gasteiger partial charge in [-0.05, 0) is 31.0 Å². The van der Waals surface area contributed by atoms with Crippen LogP contribution in [0, 0.1) is 0 Å². The Balaban J connectivity index is 1.58. The number of carbonyl (C=O) groups excluding carboxylic acids is 1. The molecule has 0 radical (unpaired) electrons. The number of rotatable bonds is 7. The van der Waals surface area contributed by atoms with E-state index in [1.807, 2.05) is 31.2 Å². The molecule has 31 heavy (non-hydrogen) atoms. The zero-order chi connectivity index (χ0) is 21.8. The quantitative estimate of drug-likeness (QED) is 0.399. The molecule has 0 bridgehead atoms. The number of nitrogens with zero attached hydrogens (tertiary/aromatic N) is 4. The number of quaternary nitrogens is 1. The van der Waals surface area contributed by atoms with Crippen LogP contribution in [0.25, 0.3) is 0 Å². The van der Waals surface area contributed by atoms with Gasteiger partial charge in [-0.3, -0.25) is 4.79 Å². The van der Waals surface area contributed by atoms with Gasteiger partial charge in [-0.25, -0.2) is 4.98 Å². The highest BCUT2D eigenvalue weighted by Crippen LogP contribution is 2.41. The van der Waals surface area contributed by atoms with Gasteiger partial charge in [0.15, 0.2) is 5.69 Å². The summed E-state index contributed by atoms with van der Waals surface area (Å²) in [5.74, 6) is 7.61. The fourth-order valence-corrected chi connectivity index (χ4v) is 3.46. The third kappa shape index (κ3) is 4.16. The van der Waals surface area contributed by atoms with Crippen LogP contribution in [-0.2, 0) is 0 Å². The fraction of sp³-hybridized carbons (Fsp3) is 0.217. The summed E-state index contributed by atoms with van der Waals surface area (Å²) < 4.78 is -0.191. The number of amides is 1. The Morgan fingerprint density at radius 1 is 1.16 bits per heavy atom. The molecule has 4 N–H and O–H groups in total. The molecule has 8 heteroatoms. The Labute approximate surface area is 181 Å².